The highest BCUT2D eigenvalue weighted by Crippen LogP contribution is 2.15. The molecule has 2 N–H and O–H groups in total. The Balaban J connectivity index is 2.57. The van der Waals surface area contributed by atoms with E-state index in [-0.39, 0.29) is 12.0 Å². The van der Waals surface area contributed by atoms with Crippen LogP contribution in [-0.4, -0.2) is 6.04 Å². The number of nitriles is 1. The SMILES string of the molecule is N#C[C@H]1CCC=C[C@H]1N. The van der Waals surface area contributed by atoms with Gasteiger partial charge in [-0.2, -0.15) is 5.26 Å². The van der Waals surface area contributed by atoms with Crippen LogP contribution in [0.1, 0.15) is 12.8 Å². The zero-order valence-electron chi connectivity index (χ0n) is 5.25. The molecule has 0 aromatic rings. The maximum Gasteiger partial charge on any atom is 0.0675 e. The fourth-order valence-corrected chi connectivity index (χ4v) is 1.01. The van der Waals surface area contributed by atoms with E-state index >= 15 is 0 Å². The first kappa shape index (κ1) is 6.31. The van der Waals surface area contributed by atoms with E-state index in [1.807, 2.05) is 12.2 Å². The lowest BCUT2D eigenvalue weighted by Gasteiger charge is -2.16. The molecular weight excluding hydrogens is 112 g/mol. The largest absolute Gasteiger partial charge is 0.323 e. The number of hydrogen-bond acceptors (Lipinski definition) is 2. The van der Waals surface area contributed by atoms with Gasteiger partial charge in [-0.05, 0) is 12.8 Å². The summed E-state index contributed by atoms with van der Waals surface area (Å²) in [4.78, 5) is 0. The van der Waals surface area contributed by atoms with Crippen LogP contribution in [0.25, 0.3) is 0 Å². The molecule has 1 aliphatic rings. The maximum atomic E-state index is 8.50. The van der Waals surface area contributed by atoms with Gasteiger partial charge in [0.15, 0.2) is 0 Å². The Labute approximate surface area is 55.0 Å². The van der Waals surface area contributed by atoms with Gasteiger partial charge < -0.3 is 5.73 Å². The van der Waals surface area contributed by atoms with Crippen molar-refractivity contribution in [2.24, 2.45) is 11.7 Å². The van der Waals surface area contributed by atoms with Gasteiger partial charge in [0.25, 0.3) is 0 Å². The summed E-state index contributed by atoms with van der Waals surface area (Å²) >= 11 is 0. The lowest BCUT2D eigenvalue weighted by atomic mass is 9.92. The average Bonchev–Trinajstić information content (AvgIpc) is 1.89. The molecule has 0 heterocycles. The van der Waals surface area contributed by atoms with Gasteiger partial charge in [0.05, 0.1) is 12.0 Å². The van der Waals surface area contributed by atoms with Crippen LogP contribution in [0.5, 0.6) is 0 Å². The van der Waals surface area contributed by atoms with Crippen LogP contribution in [-0.2, 0) is 0 Å². The minimum atomic E-state index is -0.0243. The molecule has 0 fully saturated rings. The van der Waals surface area contributed by atoms with Crippen molar-refractivity contribution in [2.45, 2.75) is 18.9 Å². The van der Waals surface area contributed by atoms with E-state index in [0.717, 1.165) is 12.8 Å². The summed E-state index contributed by atoms with van der Waals surface area (Å²) in [5, 5.41) is 8.50. The molecule has 0 bridgehead atoms. The predicted molar refractivity (Wildman–Crippen MR) is 35.5 cm³/mol. The van der Waals surface area contributed by atoms with E-state index in [1.165, 1.54) is 0 Å². The summed E-state index contributed by atoms with van der Waals surface area (Å²) in [6.45, 7) is 0. The average molecular weight is 122 g/mol. The third-order valence-electron chi connectivity index (χ3n) is 1.63. The molecule has 0 radical (unpaired) electrons. The fourth-order valence-electron chi connectivity index (χ4n) is 1.01. The number of allylic oxidation sites excluding steroid dienone is 1. The topological polar surface area (TPSA) is 49.8 Å². The fraction of sp³-hybridized carbons (Fsp3) is 0.571. The summed E-state index contributed by atoms with van der Waals surface area (Å²) in [7, 11) is 0. The molecule has 2 atom stereocenters. The maximum absolute atomic E-state index is 8.50. The van der Waals surface area contributed by atoms with Crippen LogP contribution in [0.3, 0.4) is 0 Å². The van der Waals surface area contributed by atoms with Crippen LogP contribution in [0, 0.1) is 17.2 Å². The number of hydrogen-bond donors (Lipinski definition) is 1. The van der Waals surface area contributed by atoms with Crippen LogP contribution in [0.4, 0.5) is 0 Å². The Morgan fingerprint density at radius 2 is 2.44 bits per heavy atom. The van der Waals surface area contributed by atoms with Gasteiger partial charge in [0.2, 0.25) is 0 Å². The van der Waals surface area contributed by atoms with E-state index in [4.69, 9.17) is 11.0 Å². The van der Waals surface area contributed by atoms with E-state index in [9.17, 15) is 0 Å². The number of rotatable bonds is 0. The second kappa shape index (κ2) is 2.65. The molecule has 2 heteroatoms. The van der Waals surface area contributed by atoms with Crippen molar-refractivity contribution >= 4 is 0 Å². The molecule has 0 aromatic carbocycles. The van der Waals surface area contributed by atoms with Crippen molar-refractivity contribution in [3.63, 3.8) is 0 Å². The van der Waals surface area contributed by atoms with Crippen LogP contribution >= 0.6 is 0 Å². The Morgan fingerprint density at radius 1 is 1.67 bits per heavy atom. The zero-order valence-corrected chi connectivity index (χ0v) is 5.25. The van der Waals surface area contributed by atoms with Crippen molar-refractivity contribution in [1.29, 1.82) is 5.26 Å². The first-order valence-corrected chi connectivity index (χ1v) is 3.16. The molecule has 2 nitrogen and oxygen atoms in total. The van der Waals surface area contributed by atoms with Gasteiger partial charge in [-0.25, -0.2) is 0 Å². The second-order valence-corrected chi connectivity index (χ2v) is 2.32. The highest BCUT2D eigenvalue weighted by molar-refractivity contribution is 5.06. The van der Waals surface area contributed by atoms with Crippen molar-refractivity contribution in [3.05, 3.63) is 12.2 Å². The van der Waals surface area contributed by atoms with Crippen LogP contribution < -0.4 is 5.73 Å². The normalized spacial score (nSPS) is 33.8. The molecular formula is C7H10N2. The molecule has 0 spiro atoms. The van der Waals surface area contributed by atoms with Crippen molar-refractivity contribution in [1.82, 2.24) is 0 Å². The van der Waals surface area contributed by atoms with Crippen molar-refractivity contribution in [3.8, 4) is 6.07 Å². The first-order chi connectivity index (χ1) is 4.34. The molecule has 48 valence electrons. The zero-order chi connectivity index (χ0) is 6.69. The highest BCUT2D eigenvalue weighted by Gasteiger charge is 2.16. The summed E-state index contributed by atoms with van der Waals surface area (Å²) in [6.07, 6.45) is 5.88. The van der Waals surface area contributed by atoms with Gasteiger partial charge in [-0.1, -0.05) is 12.2 Å². The lowest BCUT2D eigenvalue weighted by Crippen LogP contribution is -2.28. The molecule has 0 unspecified atom stereocenters. The minimum Gasteiger partial charge on any atom is -0.323 e. The third kappa shape index (κ3) is 1.30. The highest BCUT2D eigenvalue weighted by atomic mass is 14.6. The van der Waals surface area contributed by atoms with E-state index in [2.05, 4.69) is 6.07 Å². The molecule has 0 aliphatic heterocycles. The Morgan fingerprint density at radius 3 is 2.89 bits per heavy atom. The lowest BCUT2D eigenvalue weighted by molar-refractivity contribution is 0.526. The number of nitrogens with two attached hydrogens (primary N) is 1. The molecule has 0 saturated carbocycles. The van der Waals surface area contributed by atoms with Crippen molar-refractivity contribution in [2.75, 3.05) is 0 Å². The van der Waals surface area contributed by atoms with Gasteiger partial charge in [0.1, 0.15) is 0 Å². The van der Waals surface area contributed by atoms with Gasteiger partial charge in [0, 0.05) is 6.04 Å². The molecule has 9 heavy (non-hydrogen) atoms. The quantitative estimate of drug-likeness (QED) is 0.483. The summed E-state index contributed by atoms with van der Waals surface area (Å²) < 4.78 is 0. The van der Waals surface area contributed by atoms with Gasteiger partial charge >= 0.3 is 0 Å². The van der Waals surface area contributed by atoms with Crippen molar-refractivity contribution < 1.29 is 0 Å². The van der Waals surface area contributed by atoms with Crippen LogP contribution in [0.2, 0.25) is 0 Å². The molecule has 0 aromatic heterocycles. The number of nitrogens with zero attached hydrogens (tertiary/aromatic N) is 1. The predicted octanol–water partition coefficient (Wildman–Crippen LogP) is 0.803. The monoisotopic (exact) mass is 122 g/mol. The summed E-state index contributed by atoms with van der Waals surface area (Å²) in [5.74, 6) is 0.0509. The van der Waals surface area contributed by atoms with E-state index < -0.39 is 0 Å². The molecule has 0 saturated heterocycles. The smallest absolute Gasteiger partial charge is 0.0675 e. The molecule has 1 rings (SSSR count). The van der Waals surface area contributed by atoms with E-state index in [1.54, 1.807) is 0 Å². The first-order valence-electron chi connectivity index (χ1n) is 3.16. The second-order valence-electron chi connectivity index (χ2n) is 2.32. The molecule has 1 aliphatic carbocycles. The Bertz CT molecular complexity index is 155. The summed E-state index contributed by atoms with van der Waals surface area (Å²) in [6, 6.07) is 2.15. The minimum absolute atomic E-state index is 0.0243. The van der Waals surface area contributed by atoms with Gasteiger partial charge in [-0.3, -0.25) is 0 Å². The van der Waals surface area contributed by atoms with E-state index in [0.29, 0.717) is 0 Å². The Hall–Kier alpha value is -0.810. The van der Waals surface area contributed by atoms with Crippen LogP contribution in [0.15, 0.2) is 12.2 Å². The third-order valence-corrected chi connectivity index (χ3v) is 1.63. The van der Waals surface area contributed by atoms with Gasteiger partial charge in [-0.15, -0.1) is 0 Å². The molecule has 0 amide bonds. The standard InChI is InChI=1S/C7H10N2/c8-5-6-3-1-2-4-7(6)9/h2,4,6-7H,1,3,9H2/t6-,7-/m1/s1. The summed E-state index contributed by atoms with van der Waals surface area (Å²) in [5.41, 5.74) is 5.58. The Kier molecular flexibility index (Phi) is 1.86.